The van der Waals surface area contributed by atoms with E-state index in [1.165, 1.54) is 17.0 Å². The molecule has 0 nitrogen and oxygen atoms in total. The SMILES string of the molecule is Fc1cccc(C(CCl)(CCl)Cc2cccs2)c1. The summed E-state index contributed by atoms with van der Waals surface area (Å²) in [5.74, 6) is 0.494. The van der Waals surface area contributed by atoms with Crippen molar-refractivity contribution in [3.63, 3.8) is 0 Å². The lowest BCUT2D eigenvalue weighted by molar-refractivity contribution is 0.532. The van der Waals surface area contributed by atoms with Crippen molar-refractivity contribution in [3.05, 3.63) is 58.0 Å². The zero-order chi connectivity index (χ0) is 13.0. The number of alkyl halides is 2. The fourth-order valence-corrected chi connectivity index (χ4v) is 3.58. The molecule has 0 bridgehead atoms. The fraction of sp³-hybridized carbons (Fsp3) is 0.286. The molecule has 0 N–H and O–H groups in total. The van der Waals surface area contributed by atoms with Crippen molar-refractivity contribution < 1.29 is 4.39 Å². The Hall–Kier alpha value is -0.570. The standard InChI is InChI=1S/C14H13Cl2FS/c15-9-14(10-16,8-13-5-2-6-18-13)11-3-1-4-12(17)7-11/h1-7H,8-10H2. The van der Waals surface area contributed by atoms with Crippen LogP contribution in [0.3, 0.4) is 0 Å². The maximum atomic E-state index is 13.4. The quantitative estimate of drug-likeness (QED) is 0.693. The van der Waals surface area contributed by atoms with Crippen LogP contribution in [0.4, 0.5) is 4.39 Å². The van der Waals surface area contributed by atoms with Crippen LogP contribution in [0.1, 0.15) is 10.4 Å². The zero-order valence-corrected chi connectivity index (χ0v) is 12.0. The molecule has 1 aromatic carbocycles. The van der Waals surface area contributed by atoms with Crippen molar-refractivity contribution in [3.8, 4) is 0 Å². The predicted molar refractivity (Wildman–Crippen MR) is 77.5 cm³/mol. The smallest absolute Gasteiger partial charge is 0.123 e. The molecule has 1 aromatic heterocycles. The van der Waals surface area contributed by atoms with Crippen LogP contribution in [0, 0.1) is 5.82 Å². The summed E-state index contributed by atoms with van der Waals surface area (Å²) in [5, 5.41) is 2.02. The summed E-state index contributed by atoms with van der Waals surface area (Å²) in [5.41, 5.74) is 0.455. The van der Waals surface area contributed by atoms with E-state index in [0.29, 0.717) is 11.8 Å². The Morgan fingerprint density at radius 1 is 1.11 bits per heavy atom. The summed E-state index contributed by atoms with van der Waals surface area (Å²) in [4.78, 5) is 1.21. The number of rotatable bonds is 5. The molecule has 0 aliphatic rings. The third-order valence-corrected chi connectivity index (χ3v) is 4.94. The lowest BCUT2D eigenvalue weighted by Crippen LogP contribution is -2.33. The van der Waals surface area contributed by atoms with E-state index in [9.17, 15) is 4.39 Å². The largest absolute Gasteiger partial charge is 0.207 e. The summed E-state index contributed by atoms with van der Waals surface area (Å²) in [6, 6.07) is 10.6. The van der Waals surface area contributed by atoms with E-state index >= 15 is 0 Å². The molecule has 0 fully saturated rings. The molecule has 96 valence electrons. The molecular formula is C14H13Cl2FS. The van der Waals surface area contributed by atoms with Gasteiger partial charge in [0.15, 0.2) is 0 Å². The molecule has 4 heteroatoms. The van der Waals surface area contributed by atoms with Gasteiger partial charge in [0.25, 0.3) is 0 Å². The number of halogens is 3. The number of benzene rings is 1. The highest BCUT2D eigenvalue weighted by Crippen LogP contribution is 2.33. The lowest BCUT2D eigenvalue weighted by atomic mass is 9.80. The Bertz CT molecular complexity index is 492. The van der Waals surface area contributed by atoms with Crippen molar-refractivity contribution in [1.82, 2.24) is 0 Å². The first-order valence-electron chi connectivity index (χ1n) is 5.60. The van der Waals surface area contributed by atoms with Crippen LogP contribution in [0.15, 0.2) is 41.8 Å². The third kappa shape index (κ3) is 2.87. The highest BCUT2D eigenvalue weighted by atomic mass is 35.5. The molecule has 0 unspecified atom stereocenters. The topological polar surface area (TPSA) is 0 Å². The van der Waals surface area contributed by atoms with E-state index in [4.69, 9.17) is 23.2 Å². The average Bonchev–Trinajstić information content (AvgIpc) is 2.89. The van der Waals surface area contributed by atoms with Crippen LogP contribution in [-0.4, -0.2) is 11.8 Å². The molecular weight excluding hydrogens is 290 g/mol. The fourth-order valence-electron chi connectivity index (χ4n) is 1.95. The van der Waals surface area contributed by atoms with Crippen LogP contribution in [0.2, 0.25) is 0 Å². The van der Waals surface area contributed by atoms with Gasteiger partial charge >= 0.3 is 0 Å². The monoisotopic (exact) mass is 302 g/mol. The van der Waals surface area contributed by atoms with Gasteiger partial charge in [-0.15, -0.1) is 34.5 Å². The minimum Gasteiger partial charge on any atom is -0.207 e. The van der Waals surface area contributed by atoms with Gasteiger partial charge in [0.2, 0.25) is 0 Å². The first-order chi connectivity index (χ1) is 8.70. The maximum Gasteiger partial charge on any atom is 0.123 e. The van der Waals surface area contributed by atoms with E-state index in [2.05, 4.69) is 6.07 Å². The van der Waals surface area contributed by atoms with Crippen LogP contribution < -0.4 is 0 Å². The van der Waals surface area contributed by atoms with Crippen LogP contribution in [-0.2, 0) is 11.8 Å². The molecule has 0 aliphatic carbocycles. The Labute approximate surface area is 120 Å². The van der Waals surface area contributed by atoms with Crippen LogP contribution >= 0.6 is 34.5 Å². The second-order valence-corrected chi connectivity index (χ2v) is 5.88. The highest BCUT2D eigenvalue weighted by molar-refractivity contribution is 7.09. The molecule has 2 rings (SSSR count). The van der Waals surface area contributed by atoms with Crippen LogP contribution in [0.25, 0.3) is 0 Å². The van der Waals surface area contributed by atoms with Crippen molar-refractivity contribution in [1.29, 1.82) is 0 Å². The first kappa shape index (κ1) is 13.9. The molecule has 0 atom stereocenters. The molecule has 0 amide bonds. The van der Waals surface area contributed by atoms with Gasteiger partial charge in [0, 0.05) is 22.1 Å². The van der Waals surface area contributed by atoms with Gasteiger partial charge in [-0.05, 0) is 35.6 Å². The Morgan fingerprint density at radius 2 is 1.89 bits per heavy atom. The van der Waals surface area contributed by atoms with Crippen molar-refractivity contribution in [2.24, 2.45) is 0 Å². The summed E-state index contributed by atoms with van der Waals surface area (Å²) in [7, 11) is 0. The average molecular weight is 303 g/mol. The second kappa shape index (κ2) is 6.05. The summed E-state index contributed by atoms with van der Waals surface area (Å²) >= 11 is 13.9. The van der Waals surface area contributed by atoms with Gasteiger partial charge in [-0.1, -0.05) is 18.2 Å². The number of hydrogen-bond acceptors (Lipinski definition) is 1. The molecule has 1 heterocycles. The van der Waals surface area contributed by atoms with Gasteiger partial charge in [0.05, 0.1) is 0 Å². The van der Waals surface area contributed by atoms with Gasteiger partial charge in [-0.2, -0.15) is 0 Å². The Kier molecular flexibility index (Phi) is 4.66. The minimum atomic E-state index is -0.407. The molecule has 18 heavy (non-hydrogen) atoms. The van der Waals surface area contributed by atoms with Crippen molar-refractivity contribution >= 4 is 34.5 Å². The predicted octanol–water partition coefficient (Wildman–Crippen LogP) is 4.85. The lowest BCUT2D eigenvalue weighted by Gasteiger charge is -2.29. The van der Waals surface area contributed by atoms with E-state index in [0.717, 1.165) is 12.0 Å². The Morgan fingerprint density at radius 3 is 2.44 bits per heavy atom. The summed E-state index contributed by atoms with van der Waals surface area (Å²) in [6.07, 6.45) is 0.737. The van der Waals surface area contributed by atoms with Gasteiger partial charge in [-0.25, -0.2) is 4.39 Å². The molecule has 2 aromatic rings. The molecule has 0 spiro atoms. The maximum absolute atomic E-state index is 13.4. The van der Waals surface area contributed by atoms with E-state index in [1.807, 2.05) is 17.5 Å². The normalized spacial score (nSPS) is 11.7. The molecule has 0 saturated heterocycles. The molecule has 0 aliphatic heterocycles. The third-order valence-electron chi connectivity index (χ3n) is 3.04. The number of thiophene rings is 1. The highest BCUT2D eigenvalue weighted by Gasteiger charge is 2.31. The summed E-state index contributed by atoms with van der Waals surface area (Å²) < 4.78 is 13.4. The van der Waals surface area contributed by atoms with Crippen LogP contribution in [0.5, 0.6) is 0 Å². The van der Waals surface area contributed by atoms with E-state index in [-0.39, 0.29) is 5.82 Å². The zero-order valence-electron chi connectivity index (χ0n) is 9.70. The van der Waals surface area contributed by atoms with E-state index in [1.54, 1.807) is 17.4 Å². The van der Waals surface area contributed by atoms with Gasteiger partial charge in [-0.3, -0.25) is 0 Å². The summed E-state index contributed by atoms with van der Waals surface area (Å²) in [6.45, 7) is 0. The minimum absolute atomic E-state index is 0.252. The van der Waals surface area contributed by atoms with Crippen molar-refractivity contribution in [2.75, 3.05) is 11.8 Å². The first-order valence-corrected chi connectivity index (χ1v) is 7.55. The molecule has 0 saturated carbocycles. The molecule has 0 radical (unpaired) electrons. The number of hydrogen-bond donors (Lipinski definition) is 0. The van der Waals surface area contributed by atoms with E-state index < -0.39 is 5.41 Å². The van der Waals surface area contributed by atoms with Crippen molar-refractivity contribution in [2.45, 2.75) is 11.8 Å². The van der Waals surface area contributed by atoms with Gasteiger partial charge < -0.3 is 0 Å². The van der Waals surface area contributed by atoms with Gasteiger partial charge in [0.1, 0.15) is 5.82 Å². The Balaban J connectivity index is 2.37. The second-order valence-electron chi connectivity index (χ2n) is 4.31.